The van der Waals surface area contributed by atoms with Crippen LogP contribution in [0.4, 0.5) is 18.9 Å². The molecule has 126 valence electrons. The van der Waals surface area contributed by atoms with Crippen molar-refractivity contribution in [3.8, 4) is 11.3 Å². The highest BCUT2D eigenvalue weighted by molar-refractivity contribution is 6.06. The van der Waals surface area contributed by atoms with E-state index in [-0.39, 0.29) is 5.56 Å². The van der Waals surface area contributed by atoms with Gasteiger partial charge in [0.25, 0.3) is 5.91 Å². The molecule has 1 heterocycles. The van der Waals surface area contributed by atoms with Gasteiger partial charge in [-0.3, -0.25) is 9.78 Å². The number of carbonyl (C=O) groups is 1. The highest BCUT2D eigenvalue weighted by Gasteiger charge is 2.30. The maximum Gasteiger partial charge on any atom is 0.416 e. The number of hydrogen-bond donors (Lipinski definition) is 1. The molecule has 0 radical (unpaired) electrons. The van der Waals surface area contributed by atoms with Crippen LogP contribution in [0.15, 0.2) is 72.9 Å². The molecule has 0 bridgehead atoms. The first kappa shape index (κ1) is 16.7. The number of halogens is 3. The Balaban J connectivity index is 1.85. The minimum absolute atomic E-state index is 0.142. The van der Waals surface area contributed by atoms with Crippen LogP contribution in [0.2, 0.25) is 0 Å². The standard InChI is InChI=1S/C19H13F3N2O/c20-19(21,22)14-10-8-13(9-11-14)18(25)24-17-7-2-1-5-15(17)16-6-3-4-12-23-16/h1-12H,(H,24,25). The van der Waals surface area contributed by atoms with Crippen LogP contribution >= 0.6 is 0 Å². The molecule has 0 saturated heterocycles. The molecule has 3 aromatic rings. The number of nitrogens with one attached hydrogen (secondary N) is 1. The van der Waals surface area contributed by atoms with Crippen molar-refractivity contribution in [2.24, 2.45) is 0 Å². The number of alkyl halides is 3. The average Bonchev–Trinajstić information content (AvgIpc) is 2.62. The number of hydrogen-bond acceptors (Lipinski definition) is 2. The van der Waals surface area contributed by atoms with E-state index in [0.29, 0.717) is 11.4 Å². The quantitative estimate of drug-likeness (QED) is 0.726. The number of nitrogens with zero attached hydrogens (tertiary/aromatic N) is 1. The summed E-state index contributed by atoms with van der Waals surface area (Å²) in [6.45, 7) is 0. The Hall–Kier alpha value is -3.15. The number of para-hydroxylation sites is 1. The molecule has 25 heavy (non-hydrogen) atoms. The third kappa shape index (κ3) is 3.85. The van der Waals surface area contributed by atoms with Crippen LogP contribution in [-0.4, -0.2) is 10.9 Å². The molecule has 0 aliphatic carbocycles. The van der Waals surface area contributed by atoms with E-state index in [1.165, 1.54) is 0 Å². The van der Waals surface area contributed by atoms with Crippen molar-refractivity contribution in [2.75, 3.05) is 5.32 Å². The lowest BCUT2D eigenvalue weighted by atomic mass is 10.1. The molecule has 1 aromatic heterocycles. The molecule has 0 saturated carbocycles. The lowest BCUT2D eigenvalue weighted by molar-refractivity contribution is -0.137. The van der Waals surface area contributed by atoms with E-state index in [9.17, 15) is 18.0 Å². The molecule has 3 nitrogen and oxygen atoms in total. The molecule has 3 rings (SSSR count). The Morgan fingerprint density at radius 1 is 0.880 bits per heavy atom. The molecular formula is C19H13F3N2O. The summed E-state index contributed by atoms with van der Waals surface area (Å²) in [6.07, 6.45) is -2.79. The number of anilines is 1. The first-order valence-corrected chi connectivity index (χ1v) is 7.44. The van der Waals surface area contributed by atoms with E-state index in [4.69, 9.17) is 0 Å². The second-order valence-corrected chi connectivity index (χ2v) is 5.29. The van der Waals surface area contributed by atoms with Gasteiger partial charge in [-0.2, -0.15) is 13.2 Å². The molecule has 6 heteroatoms. The Kier molecular flexibility index (Phi) is 4.52. The van der Waals surface area contributed by atoms with Gasteiger partial charge in [-0.15, -0.1) is 0 Å². The fourth-order valence-corrected chi connectivity index (χ4v) is 2.34. The minimum atomic E-state index is -4.43. The van der Waals surface area contributed by atoms with Gasteiger partial charge in [0.2, 0.25) is 0 Å². The van der Waals surface area contributed by atoms with Gasteiger partial charge in [0.05, 0.1) is 16.9 Å². The topological polar surface area (TPSA) is 42.0 Å². The fourth-order valence-electron chi connectivity index (χ4n) is 2.34. The van der Waals surface area contributed by atoms with E-state index < -0.39 is 17.6 Å². The van der Waals surface area contributed by atoms with Gasteiger partial charge in [-0.25, -0.2) is 0 Å². The van der Waals surface area contributed by atoms with Crippen molar-refractivity contribution < 1.29 is 18.0 Å². The lowest BCUT2D eigenvalue weighted by Crippen LogP contribution is -2.13. The first-order chi connectivity index (χ1) is 11.9. The smallest absolute Gasteiger partial charge is 0.321 e. The molecule has 0 aliphatic rings. The van der Waals surface area contributed by atoms with Crippen molar-refractivity contribution in [2.45, 2.75) is 6.18 Å². The highest BCUT2D eigenvalue weighted by atomic mass is 19.4. The second-order valence-electron chi connectivity index (χ2n) is 5.29. The molecule has 0 aliphatic heterocycles. The molecule has 1 amide bonds. The van der Waals surface area contributed by atoms with E-state index >= 15 is 0 Å². The van der Waals surface area contributed by atoms with Gasteiger partial charge in [0.15, 0.2) is 0 Å². The van der Waals surface area contributed by atoms with Crippen LogP contribution in [0.5, 0.6) is 0 Å². The Labute approximate surface area is 142 Å². The summed E-state index contributed by atoms with van der Waals surface area (Å²) in [4.78, 5) is 16.6. The molecule has 0 atom stereocenters. The number of aromatic nitrogens is 1. The summed E-state index contributed by atoms with van der Waals surface area (Å²) < 4.78 is 37.8. The maximum atomic E-state index is 12.6. The average molecular weight is 342 g/mol. The van der Waals surface area contributed by atoms with Crippen molar-refractivity contribution in [1.29, 1.82) is 0 Å². The third-order valence-electron chi connectivity index (χ3n) is 3.59. The lowest BCUT2D eigenvalue weighted by Gasteiger charge is -2.11. The van der Waals surface area contributed by atoms with Crippen LogP contribution in [0.1, 0.15) is 15.9 Å². The van der Waals surface area contributed by atoms with Crippen molar-refractivity contribution in [1.82, 2.24) is 4.98 Å². The predicted octanol–water partition coefficient (Wildman–Crippen LogP) is 5.02. The van der Waals surface area contributed by atoms with Gasteiger partial charge >= 0.3 is 6.18 Å². The zero-order valence-electron chi connectivity index (χ0n) is 12.9. The Bertz CT molecular complexity index is 875. The van der Waals surface area contributed by atoms with E-state index in [1.807, 2.05) is 24.3 Å². The van der Waals surface area contributed by atoms with E-state index in [2.05, 4.69) is 10.3 Å². The van der Waals surface area contributed by atoms with Crippen LogP contribution < -0.4 is 5.32 Å². The van der Waals surface area contributed by atoms with Crippen LogP contribution in [-0.2, 0) is 6.18 Å². The number of amides is 1. The third-order valence-corrected chi connectivity index (χ3v) is 3.59. The second kappa shape index (κ2) is 6.76. The van der Waals surface area contributed by atoms with E-state index in [1.54, 1.807) is 24.4 Å². The molecule has 2 aromatic carbocycles. The summed E-state index contributed by atoms with van der Waals surface area (Å²) in [5.41, 5.74) is 1.29. The maximum absolute atomic E-state index is 12.6. The zero-order valence-corrected chi connectivity index (χ0v) is 12.9. The first-order valence-electron chi connectivity index (χ1n) is 7.44. The van der Waals surface area contributed by atoms with Crippen LogP contribution in [0.25, 0.3) is 11.3 Å². The fraction of sp³-hybridized carbons (Fsp3) is 0.0526. The van der Waals surface area contributed by atoms with Crippen LogP contribution in [0.3, 0.4) is 0 Å². The van der Waals surface area contributed by atoms with Gasteiger partial charge in [-0.05, 0) is 42.5 Å². The monoisotopic (exact) mass is 342 g/mol. The summed E-state index contributed by atoms with van der Waals surface area (Å²) in [7, 11) is 0. The summed E-state index contributed by atoms with van der Waals surface area (Å²) in [5, 5.41) is 2.72. The number of pyridine rings is 1. The summed E-state index contributed by atoms with van der Waals surface area (Å²) in [5.74, 6) is -0.489. The molecule has 1 N–H and O–H groups in total. The number of carbonyl (C=O) groups excluding carboxylic acids is 1. The van der Waals surface area contributed by atoms with Gasteiger partial charge in [-0.1, -0.05) is 24.3 Å². The normalized spacial score (nSPS) is 11.2. The number of rotatable bonds is 3. The highest BCUT2D eigenvalue weighted by Crippen LogP contribution is 2.30. The van der Waals surface area contributed by atoms with E-state index in [0.717, 1.165) is 29.8 Å². The van der Waals surface area contributed by atoms with Crippen molar-refractivity contribution in [3.63, 3.8) is 0 Å². The van der Waals surface area contributed by atoms with Gasteiger partial charge in [0.1, 0.15) is 0 Å². The minimum Gasteiger partial charge on any atom is -0.321 e. The number of benzene rings is 2. The Morgan fingerprint density at radius 3 is 2.20 bits per heavy atom. The van der Waals surface area contributed by atoms with Gasteiger partial charge in [0, 0.05) is 17.3 Å². The largest absolute Gasteiger partial charge is 0.416 e. The van der Waals surface area contributed by atoms with Crippen molar-refractivity contribution in [3.05, 3.63) is 84.1 Å². The van der Waals surface area contributed by atoms with Crippen LogP contribution in [0, 0.1) is 0 Å². The van der Waals surface area contributed by atoms with Crippen molar-refractivity contribution >= 4 is 11.6 Å². The SMILES string of the molecule is O=C(Nc1ccccc1-c1ccccn1)c1ccc(C(F)(F)F)cc1. The summed E-state index contributed by atoms with van der Waals surface area (Å²) in [6, 6.07) is 16.6. The Morgan fingerprint density at radius 2 is 1.56 bits per heavy atom. The summed E-state index contributed by atoms with van der Waals surface area (Å²) >= 11 is 0. The van der Waals surface area contributed by atoms with Gasteiger partial charge < -0.3 is 5.32 Å². The molecule has 0 fully saturated rings. The molecule has 0 unspecified atom stereocenters. The molecular weight excluding hydrogens is 329 g/mol. The predicted molar refractivity (Wildman–Crippen MR) is 89.1 cm³/mol. The molecule has 0 spiro atoms. The zero-order chi connectivity index (χ0) is 17.9.